The van der Waals surface area contributed by atoms with E-state index in [9.17, 15) is 4.79 Å². The van der Waals surface area contributed by atoms with E-state index in [1.807, 2.05) is 55.5 Å². The van der Waals surface area contributed by atoms with Gasteiger partial charge in [0.1, 0.15) is 5.75 Å². The van der Waals surface area contributed by atoms with E-state index in [1.54, 1.807) is 0 Å². The summed E-state index contributed by atoms with van der Waals surface area (Å²) in [6, 6.07) is 15.5. The molecule has 2 aromatic carbocycles. The zero-order valence-electron chi connectivity index (χ0n) is 10.2. The first-order chi connectivity index (χ1) is 8.75. The van der Waals surface area contributed by atoms with Crippen LogP contribution in [0.3, 0.4) is 0 Å². The van der Waals surface area contributed by atoms with Crippen LogP contribution in [0.2, 0.25) is 0 Å². The van der Waals surface area contributed by atoms with Gasteiger partial charge in [-0.1, -0.05) is 42.5 Å². The average Bonchev–Trinajstić information content (AvgIpc) is 2.70. The Morgan fingerprint density at radius 2 is 1.78 bits per heavy atom. The quantitative estimate of drug-likeness (QED) is 0.803. The van der Waals surface area contributed by atoms with E-state index in [4.69, 9.17) is 4.74 Å². The molecule has 0 radical (unpaired) electrons. The van der Waals surface area contributed by atoms with E-state index in [-0.39, 0.29) is 11.9 Å². The number of hydrogen-bond donors (Lipinski definition) is 0. The number of rotatable bonds is 2. The molecule has 0 aliphatic heterocycles. The monoisotopic (exact) mass is 238 g/mol. The molecule has 1 aliphatic rings. The minimum absolute atomic E-state index is 0.0915. The minimum Gasteiger partial charge on any atom is -0.482 e. The van der Waals surface area contributed by atoms with Gasteiger partial charge in [-0.2, -0.15) is 0 Å². The summed E-state index contributed by atoms with van der Waals surface area (Å²) in [7, 11) is 0. The SMILES string of the molecule is Cc1ccccc1OC1Cc2ccccc2C1=O. The Kier molecular flexibility index (Phi) is 2.63. The lowest BCUT2D eigenvalue weighted by molar-refractivity contribution is 0.0820. The normalized spacial score (nSPS) is 17.6. The van der Waals surface area contributed by atoms with Crippen molar-refractivity contribution in [1.82, 2.24) is 0 Å². The van der Waals surface area contributed by atoms with E-state index in [2.05, 4.69) is 0 Å². The Balaban J connectivity index is 1.86. The number of benzene rings is 2. The highest BCUT2D eigenvalue weighted by Gasteiger charge is 2.31. The number of fused-ring (bicyclic) bond motifs is 1. The fourth-order valence-electron chi connectivity index (χ4n) is 2.34. The van der Waals surface area contributed by atoms with Gasteiger partial charge in [0, 0.05) is 12.0 Å². The number of Topliss-reactive ketones (excluding diaryl/α,β-unsaturated/α-hetero) is 1. The molecular formula is C16H14O2. The van der Waals surface area contributed by atoms with Gasteiger partial charge in [-0.05, 0) is 24.1 Å². The Hall–Kier alpha value is -2.09. The van der Waals surface area contributed by atoms with Crippen LogP contribution < -0.4 is 4.74 Å². The largest absolute Gasteiger partial charge is 0.482 e. The molecule has 1 aliphatic carbocycles. The van der Waals surface area contributed by atoms with Crippen LogP contribution in [0.5, 0.6) is 5.75 Å². The van der Waals surface area contributed by atoms with Gasteiger partial charge in [0.15, 0.2) is 6.10 Å². The highest BCUT2D eigenvalue weighted by Crippen LogP contribution is 2.27. The first kappa shape index (κ1) is 11.0. The van der Waals surface area contributed by atoms with Crippen LogP contribution in [0.4, 0.5) is 0 Å². The van der Waals surface area contributed by atoms with Crippen LogP contribution in [-0.4, -0.2) is 11.9 Å². The van der Waals surface area contributed by atoms with Gasteiger partial charge in [-0.25, -0.2) is 0 Å². The number of carbonyl (C=O) groups is 1. The number of carbonyl (C=O) groups excluding carboxylic acids is 1. The Morgan fingerprint density at radius 3 is 2.56 bits per heavy atom. The molecule has 0 spiro atoms. The smallest absolute Gasteiger partial charge is 0.203 e. The molecule has 1 atom stereocenters. The van der Waals surface area contributed by atoms with Gasteiger partial charge < -0.3 is 4.74 Å². The van der Waals surface area contributed by atoms with Crippen molar-refractivity contribution in [2.75, 3.05) is 0 Å². The fraction of sp³-hybridized carbons (Fsp3) is 0.188. The zero-order valence-corrected chi connectivity index (χ0v) is 10.2. The van der Waals surface area contributed by atoms with E-state index < -0.39 is 0 Å². The molecule has 0 fully saturated rings. The summed E-state index contributed by atoms with van der Waals surface area (Å²) in [5, 5.41) is 0. The van der Waals surface area contributed by atoms with Crippen molar-refractivity contribution in [3.63, 3.8) is 0 Å². The lowest BCUT2D eigenvalue weighted by Crippen LogP contribution is -2.23. The fourth-order valence-corrected chi connectivity index (χ4v) is 2.34. The van der Waals surface area contributed by atoms with E-state index >= 15 is 0 Å². The third-order valence-corrected chi connectivity index (χ3v) is 3.34. The number of aryl methyl sites for hydroxylation is 1. The van der Waals surface area contributed by atoms with Crippen LogP contribution in [0, 0.1) is 6.92 Å². The van der Waals surface area contributed by atoms with Crippen LogP contribution in [0.1, 0.15) is 21.5 Å². The van der Waals surface area contributed by atoms with Gasteiger partial charge in [0.25, 0.3) is 0 Å². The van der Waals surface area contributed by atoms with Crippen LogP contribution in [0.25, 0.3) is 0 Å². The topological polar surface area (TPSA) is 26.3 Å². The third kappa shape index (κ3) is 1.80. The van der Waals surface area contributed by atoms with Gasteiger partial charge in [-0.15, -0.1) is 0 Å². The summed E-state index contributed by atoms with van der Waals surface area (Å²) >= 11 is 0. The number of para-hydroxylation sites is 1. The van der Waals surface area contributed by atoms with Crippen molar-refractivity contribution in [3.8, 4) is 5.75 Å². The van der Waals surface area contributed by atoms with Crippen LogP contribution in [-0.2, 0) is 6.42 Å². The second-order valence-electron chi connectivity index (χ2n) is 4.60. The van der Waals surface area contributed by atoms with Crippen molar-refractivity contribution in [3.05, 3.63) is 65.2 Å². The molecule has 3 rings (SSSR count). The molecule has 1 unspecified atom stereocenters. The summed E-state index contributed by atoms with van der Waals surface area (Å²) in [6.45, 7) is 1.99. The highest BCUT2D eigenvalue weighted by atomic mass is 16.5. The highest BCUT2D eigenvalue weighted by molar-refractivity contribution is 6.04. The first-order valence-corrected chi connectivity index (χ1v) is 6.10. The van der Waals surface area contributed by atoms with Crippen molar-refractivity contribution < 1.29 is 9.53 Å². The maximum absolute atomic E-state index is 12.2. The maximum atomic E-state index is 12.2. The predicted octanol–water partition coefficient (Wildman–Crippen LogP) is 3.18. The molecule has 2 aromatic rings. The summed E-state index contributed by atoms with van der Waals surface area (Å²) in [5.74, 6) is 0.887. The van der Waals surface area contributed by atoms with Crippen LogP contribution >= 0.6 is 0 Å². The van der Waals surface area contributed by atoms with E-state index in [1.165, 1.54) is 0 Å². The molecule has 0 saturated carbocycles. The maximum Gasteiger partial charge on any atom is 0.203 e. The molecule has 0 bridgehead atoms. The van der Waals surface area contributed by atoms with Gasteiger partial charge in [0.2, 0.25) is 5.78 Å². The molecule has 90 valence electrons. The number of ketones is 1. The lowest BCUT2D eigenvalue weighted by Gasteiger charge is -2.13. The second kappa shape index (κ2) is 4.30. The first-order valence-electron chi connectivity index (χ1n) is 6.10. The summed E-state index contributed by atoms with van der Waals surface area (Å²) in [6.07, 6.45) is 0.298. The molecule has 18 heavy (non-hydrogen) atoms. The molecule has 0 amide bonds. The molecule has 0 aromatic heterocycles. The van der Waals surface area contributed by atoms with Crippen molar-refractivity contribution >= 4 is 5.78 Å². The van der Waals surface area contributed by atoms with Gasteiger partial charge >= 0.3 is 0 Å². The summed E-state index contributed by atoms with van der Waals surface area (Å²) < 4.78 is 5.85. The Labute approximate surface area is 106 Å². The molecule has 2 nitrogen and oxygen atoms in total. The molecule has 0 heterocycles. The second-order valence-corrected chi connectivity index (χ2v) is 4.60. The Bertz CT molecular complexity index is 602. The minimum atomic E-state index is -0.372. The number of hydrogen-bond acceptors (Lipinski definition) is 2. The van der Waals surface area contributed by atoms with Gasteiger partial charge in [-0.3, -0.25) is 4.79 Å². The lowest BCUT2D eigenvalue weighted by atomic mass is 10.1. The van der Waals surface area contributed by atoms with Crippen LogP contribution in [0.15, 0.2) is 48.5 Å². The summed E-state index contributed by atoms with van der Waals surface area (Å²) in [5.41, 5.74) is 2.94. The zero-order chi connectivity index (χ0) is 12.5. The van der Waals surface area contributed by atoms with Crippen molar-refractivity contribution in [1.29, 1.82) is 0 Å². The average molecular weight is 238 g/mol. The van der Waals surface area contributed by atoms with Gasteiger partial charge in [0.05, 0.1) is 0 Å². The molecular weight excluding hydrogens is 224 g/mol. The molecule has 2 heteroatoms. The standard InChI is InChI=1S/C16H14O2/c1-11-6-2-5-9-14(11)18-15-10-12-7-3-4-8-13(12)16(15)17/h2-9,15H,10H2,1H3. The summed E-state index contributed by atoms with van der Waals surface area (Å²) in [4.78, 5) is 12.2. The van der Waals surface area contributed by atoms with Crippen molar-refractivity contribution in [2.24, 2.45) is 0 Å². The number of ether oxygens (including phenoxy) is 1. The predicted molar refractivity (Wildman–Crippen MR) is 70.1 cm³/mol. The van der Waals surface area contributed by atoms with E-state index in [0.717, 1.165) is 22.4 Å². The Morgan fingerprint density at radius 1 is 1.06 bits per heavy atom. The van der Waals surface area contributed by atoms with E-state index in [0.29, 0.717) is 6.42 Å². The molecule has 0 N–H and O–H groups in total. The third-order valence-electron chi connectivity index (χ3n) is 3.34. The molecule has 0 saturated heterocycles. The van der Waals surface area contributed by atoms with Crippen molar-refractivity contribution in [2.45, 2.75) is 19.4 Å².